The van der Waals surface area contributed by atoms with Crippen LogP contribution in [0.2, 0.25) is 0 Å². The molecular weight excluding hydrogens is 443 g/mol. The van der Waals surface area contributed by atoms with E-state index >= 15 is 0 Å². The number of halogens is 1. The molecule has 0 bridgehead atoms. The van der Waals surface area contributed by atoms with Crippen LogP contribution in [0.15, 0.2) is 40.6 Å². The first-order valence-corrected chi connectivity index (χ1v) is 13.3. The number of hydrogen-bond donors (Lipinski definition) is 0. The summed E-state index contributed by atoms with van der Waals surface area (Å²) >= 11 is 1.62. The SMILES string of the molecule is Cc1cc(C)c(Cc2csc(N3CCC(S(=O)(=O)c4cc(F)ccc4C)CC3)n2)c(C)c1. The van der Waals surface area contributed by atoms with E-state index in [4.69, 9.17) is 4.98 Å². The van der Waals surface area contributed by atoms with Crippen molar-refractivity contribution >= 4 is 26.3 Å². The molecule has 1 aliphatic heterocycles. The Morgan fingerprint density at radius 3 is 2.34 bits per heavy atom. The molecule has 0 amide bonds. The van der Waals surface area contributed by atoms with Gasteiger partial charge >= 0.3 is 0 Å². The lowest BCUT2D eigenvalue weighted by molar-refractivity contribution is 0.527. The number of aromatic nitrogens is 1. The van der Waals surface area contributed by atoms with Crippen LogP contribution in [-0.2, 0) is 16.3 Å². The van der Waals surface area contributed by atoms with Crippen LogP contribution in [-0.4, -0.2) is 31.7 Å². The minimum Gasteiger partial charge on any atom is -0.348 e. The molecule has 0 aliphatic carbocycles. The maximum atomic E-state index is 13.7. The van der Waals surface area contributed by atoms with Crippen molar-refractivity contribution in [2.45, 2.75) is 57.1 Å². The van der Waals surface area contributed by atoms with Gasteiger partial charge in [0.05, 0.1) is 15.8 Å². The highest BCUT2D eigenvalue weighted by Crippen LogP contribution is 2.31. The van der Waals surface area contributed by atoms with Gasteiger partial charge in [0.2, 0.25) is 0 Å². The molecule has 0 N–H and O–H groups in total. The van der Waals surface area contributed by atoms with Gasteiger partial charge in [0, 0.05) is 24.9 Å². The van der Waals surface area contributed by atoms with Crippen molar-refractivity contribution in [3.63, 3.8) is 0 Å². The van der Waals surface area contributed by atoms with Gasteiger partial charge in [-0.3, -0.25) is 0 Å². The van der Waals surface area contributed by atoms with Crippen molar-refractivity contribution in [2.24, 2.45) is 0 Å². The molecular formula is C25H29FN2O2S2. The second-order valence-electron chi connectivity index (χ2n) is 8.82. The lowest BCUT2D eigenvalue weighted by Gasteiger charge is -2.31. The highest BCUT2D eigenvalue weighted by atomic mass is 32.2. The Morgan fingerprint density at radius 2 is 1.69 bits per heavy atom. The largest absolute Gasteiger partial charge is 0.348 e. The Bertz CT molecular complexity index is 1220. The molecule has 32 heavy (non-hydrogen) atoms. The molecule has 0 atom stereocenters. The molecule has 0 saturated carbocycles. The van der Waals surface area contributed by atoms with Crippen LogP contribution in [0.4, 0.5) is 9.52 Å². The fourth-order valence-corrected chi connectivity index (χ4v) is 7.47. The monoisotopic (exact) mass is 472 g/mol. The molecule has 0 spiro atoms. The van der Waals surface area contributed by atoms with E-state index in [1.165, 1.54) is 34.4 Å². The third-order valence-electron chi connectivity index (χ3n) is 6.35. The van der Waals surface area contributed by atoms with E-state index in [1.807, 2.05) is 0 Å². The molecule has 170 valence electrons. The smallest absolute Gasteiger partial charge is 0.185 e. The third-order valence-corrected chi connectivity index (χ3v) is 9.70. The van der Waals surface area contributed by atoms with E-state index in [-0.39, 0.29) is 4.90 Å². The summed E-state index contributed by atoms with van der Waals surface area (Å²) in [5.74, 6) is -0.513. The first kappa shape index (κ1) is 22.9. The van der Waals surface area contributed by atoms with Gasteiger partial charge in [-0.25, -0.2) is 17.8 Å². The van der Waals surface area contributed by atoms with Crippen molar-refractivity contribution < 1.29 is 12.8 Å². The molecule has 2 heterocycles. The van der Waals surface area contributed by atoms with Crippen molar-refractivity contribution in [3.05, 3.63) is 75.0 Å². The summed E-state index contributed by atoms with van der Waals surface area (Å²) in [6.07, 6.45) is 1.84. The Labute approximate surface area is 194 Å². The average Bonchev–Trinajstić information content (AvgIpc) is 3.21. The number of benzene rings is 2. The minimum absolute atomic E-state index is 0.122. The maximum Gasteiger partial charge on any atom is 0.185 e. The summed E-state index contributed by atoms with van der Waals surface area (Å²) in [5.41, 5.74) is 6.81. The van der Waals surface area contributed by atoms with Gasteiger partial charge in [0.15, 0.2) is 15.0 Å². The zero-order chi connectivity index (χ0) is 23.0. The van der Waals surface area contributed by atoms with Crippen molar-refractivity contribution in [1.29, 1.82) is 0 Å². The predicted molar refractivity (Wildman–Crippen MR) is 129 cm³/mol. The number of sulfone groups is 1. The van der Waals surface area contributed by atoms with Crippen LogP contribution >= 0.6 is 11.3 Å². The summed E-state index contributed by atoms with van der Waals surface area (Å²) in [5, 5.41) is 2.56. The number of aryl methyl sites for hydroxylation is 4. The number of rotatable bonds is 5. The van der Waals surface area contributed by atoms with Gasteiger partial charge < -0.3 is 4.90 Å². The summed E-state index contributed by atoms with van der Waals surface area (Å²) in [6, 6.07) is 8.41. The topological polar surface area (TPSA) is 50.3 Å². The molecule has 1 saturated heterocycles. The molecule has 1 aliphatic rings. The lowest BCUT2D eigenvalue weighted by atomic mass is 9.96. The van der Waals surface area contributed by atoms with Crippen molar-refractivity contribution in [1.82, 2.24) is 4.98 Å². The number of anilines is 1. The van der Waals surface area contributed by atoms with E-state index < -0.39 is 20.9 Å². The fraction of sp³-hybridized carbons (Fsp3) is 0.400. The second-order valence-corrected chi connectivity index (χ2v) is 11.8. The number of thiazole rings is 1. The van der Waals surface area contributed by atoms with Crippen LogP contribution in [0.1, 0.15) is 46.4 Å². The highest BCUT2D eigenvalue weighted by molar-refractivity contribution is 7.92. The van der Waals surface area contributed by atoms with Crippen LogP contribution in [0, 0.1) is 33.5 Å². The average molecular weight is 473 g/mol. The molecule has 1 fully saturated rings. The first-order valence-electron chi connectivity index (χ1n) is 10.9. The molecule has 7 heteroatoms. The van der Waals surface area contributed by atoms with E-state index in [1.54, 1.807) is 18.3 Å². The first-order chi connectivity index (χ1) is 15.1. The number of piperidine rings is 1. The molecule has 2 aromatic carbocycles. The van der Waals surface area contributed by atoms with Gasteiger partial charge in [0.25, 0.3) is 0 Å². The van der Waals surface area contributed by atoms with Gasteiger partial charge in [-0.15, -0.1) is 11.3 Å². The predicted octanol–water partition coefficient (Wildman–Crippen LogP) is 5.55. The van der Waals surface area contributed by atoms with E-state index in [0.29, 0.717) is 31.5 Å². The van der Waals surface area contributed by atoms with E-state index in [0.717, 1.165) is 23.3 Å². The van der Waals surface area contributed by atoms with Crippen molar-refractivity contribution in [3.8, 4) is 0 Å². The fourth-order valence-electron chi connectivity index (χ4n) is 4.61. The van der Waals surface area contributed by atoms with Crippen LogP contribution < -0.4 is 4.90 Å². The number of hydrogen-bond acceptors (Lipinski definition) is 5. The van der Waals surface area contributed by atoms with Crippen LogP contribution in [0.5, 0.6) is 0 Å². The zero-order valence-corrected chi connectivity index (χ0v) is 20.6. The van der Waals surface area contributed by atoms with Gasteiger partial charge in [-0.1, -0.05) is 23.8 Å². The number of nitrogens with zero attached hydrogens (tertiary/aromatic N) is 2. The standard InChI is InChI=1S/C25H29FN2O2S2/c1-16-11-18(3)23(19(4)12-16)14-21-15-31-25(27-21)28-9-7-22(8-10-28)32(29,30)24-13-20(26)6-5-17(24)2/h5-6,11-13,15,22H,7-10,14H2,1-4H3. The molecule has 1 aromatic heterocycles. The Morgan fingerprint density at radius 1 is 1.03 bits per heavy atom. The molecule has 3 aromatic rings. The Balaban J connectivity index is 1.44. The molecule has 0 unspecified atom stereocenters. The Hall–Kier alpha value is -2.25. The lowest BCUT2D eigenvalue weighted by Crippen LogP contribution is -2.39. The highest BCUT2D eigenvalue weighted by Gasteiger charge is 2.33. The molecule has 0 radical (unpaired) electrons. The van der Waals surface area contributed by atoms with Gasteiger partial charge in [-0.2, -0.15) is 0 Å². The van der Waals surface area contributed by atoms with Crippen LogP contribution in [0.3, 0.4) is 0 Å². The quantitative estimate of drug-likeness (QED) is 0.489. The zero-order valence-electron chi connectivity index (χ0n) is 19.0. The van der Waals surface area contributed by atoms with E-state index in [2.05, 4.69) is 43.2 Å². The maximum absolute atomic E-state index is 13.7. The summed E-state index contributed by atoms with van der Waals surface area (Å²) in [6.45, 7) is 9.39. The summed E-state index contributed by atoms with van der Waals surface area (Å²) in [4.78, 5) is 7.15. The Kier molecular flexibility index (Phi) is 6.41. The van der Waals surface area contributed by atoms with Gasteiger partial charge in [0.1, 0.15) is 5.82 Å². The third kappa shape index (κ3) is 4.59. The summed E-state index contributed by atoms with van der Waals surface area (Å²) in [7, 11) is -3.55. The normalized spacial score (nSPS) is 15.3. The van der Waals surface area contributed by atoms with Crippen molar-refractivity contribution in [2.75, 3.05) is 18.0 Å². The van der Waals surface area contributed by atoms with E-state index in [9.17, 15) is 12.8 Å². The summed E-state index contributed by atoms with van der Waals surface area (Å²) < 4.78 is 39.9. The minimum atomic E-state index is -3.55. The molecule has 4 nitrogen and oxygen atoms in total. The van der Waals surface area contributed by atoms with Gasteiger partial charge in [-0.05, 0) is 74.9 Å². The second kappa shape index (κ2) is 8.94. The van der Waals surface area contributed by atoms with Crippen LogP contribution in [0.25, 0.3) is 0 Å². The molecule has 4 rings (SSSR count).